The van der Waals surface area contributed by atoms with E-state index in [9.17, 15) is 8.42 Å². The summed E-state index contributed by atoms with van der Waals surface area (Å²) >= 11 is 15.1. The number of hydrogen-bond donors (Lipinski definition) is 1. The van der Waals surface area contributed by atoms with Gasteiger partial charge in [-0.2, -0.15) is 0 Å². The third kappa shape index (κ3) is 3.81. The second-order valence-corrected chi connectivity index (χ2v) is 7.22. The van der Waals surface area contributed by atoms with Gasteiger partial charge in [-0.15, -0.1) is 4.83 Å². The number of nitrogens with zero attached hydrogens (tertiary/aromatic N) is 1. The first-order valence-electron chi connectivity index (χ1n) is 5.40. The molecule has 0 unspecified atom stereocenters. The van der Waals surface area contributed by atoms with Crippen LogP contribution in [0.1, 0.15) is 0 Å². The molecule has 5 nitrogen and oxygen atoms in total. The van der Waals surface area contributed by atoms with Crippen molar-refractivity contribution in [2.24, 2.45) is 0 Å². The van der Waals surface area contributed by atoms with Crippen LogP contribution in [0.25, 0.3) is 0 Å². The molecule has 9 heteroatoms. The van der Waals surface area contributed by atoms with Crippen molar-refractivity contribution in [3.05, 3.63) is 26.7 Å². The van der Waals surface area contributed by atoms with Gasteiger partial charge < -0.3 is 4.74 Å². The Morgan fingerprint density at radius 3 is 2.26 bits per heavy atom. The minimum absolute atomic E-state index is 0.0696. The largest absolute Gasteiger partial charge is 0.379 e. The van der Waals surface area contributed by atoms with Crippen LogP contribution in [-0.4, -0.2) is 39.7 Å². The van der Waals surface area contributed by atoms with Gasteiger partial charge in [0.05, 0.1) is 23.3 Å². The Balaban J connectivity index is 2.29. The Hall–Kier alpha value is 0.110. The van der Waals surface area contributed by atoms with Gasteiger partial charge >= 0.3 is 0 Å². The van der Waals surface area contributed by atoms with Crippen molar-refractivity contribution in [2.75, 3.05) is 26.3 Å². The molecule has 1 saturated heterocycles. The van der Waals surface area contributed by atoms with E-state index < -0.39 is 10.0 Å². The monoisotopic (exact) mass is 388 g/mol. The first kappa shape index (κ1) is 15.5. The van der Waals surface area contributed by atoms with Crippen LogP contribution < -0.4 is 4.83 Å². The number of nitrogens with one attached hydrogen (secondary N) is 1. The Bertz CT molecular complexity index is 553. The lowest BCUT2D eigenvalue weighted by atomic mass is 10.4. The standard InChI is InChI=1S/C10H11BrCl2N2O3S/c11-7-5-8(12)10(9(13)6-7)19(16,17)14-15-1-3-18-4-2-15/h5-6,14H,1-4H2. The summed E-state index contributed by atoms with van der Waals surface area (Å²) in [4.78, 5) is 2.33. The third-order valence-corrected chi connectivity index (χ3v) is 5.25. The molecule has 0 amide bonds. The third-order valence-electron chi connectivity index (χ3n) is 2.49. The lowest BCUT2D eigenvalue weighted by Crippen LogP contribution is -2.48. The van der Waals surface area contributed by atoms with Crippen molar-refractivity contribution in [3.8, 4) is 0 Å². The molecule has 0 aromatic heterocycles. The second kappa shape index (κ2) is 6.26. The molecule has 1 aliphatic heterocycles. The summed E-state index contributed by atoms with van der Waals surface area (Å²) in [5, 5.41) is 1.70. The maximum Gasteiger partial charge on any atom is 0.256 e. The molecule has 106 valence electrons. The van der Waals surface area contributed by atoms with Gasteiger partial charge in [-0.25, -0.2) is 13.4 Å². The highest BCUT2D eigenvalue weighted by molar-refractivity contribution is 9.10. The molecular formula is C10H11BrCl2N2O3S. The van der Waals surface area contributed by atoms with Crippen molar-refractivity contribution >= 4 is 49.2 Å². The van der Waals surface area contributed by atoms with E-state index in [2.05, 4.69) is 20.8 Å². The number of ether oxygens (including phenoxy) is 1. The highest BCUT2D eigenvalue weighted by atomic mass is 79.9. The number of benzene rings is 1. The van der Waals surface area contributed by atoms with E-state index in [1.807, 2.05) is 0 Å². The maximum atomic E-state index is 12.3. The SMILES string of the molecule is O=S(=O)(NN1CCOCC1)c1c(Cl)cc(Br)cc1Cl. The van der Waals surface area contributed by atoms with Gasteiger partial charge in [0.25, 0.3) is 10.0 Å². The average Bonchev–Trinajstić information content (AvgIpc) is 2.27. The summed E-state index contributed by atoms with van der Waals surface area (Å²) in [6, 6.07) is 2.97. The Labute approximate surface area is 130 Å². The molecule has 0 bridgehead atoms. The molecule has 0 radical (unpaired) electrons. The van der Waals surface area contributed by atoms with Crippen molar-refractivity contribution in [1.29, 1.82) is 0 Å². The lowest BCUT2D eigenvalue weighted by molar-refractivity contribution is 0.0272. The molecule has 0 atom stereocenters. The van der Waals surface area contributed by atoms with Crippen LogP contribution in [0.5, 0.6) is 0 Å². The molecule has 1 N–H and O–H groups in total. The first-order valence-corrected chi connectivity index (χ1v) is 8.43. The number of halogens is 3. The van der Waals surface area contributed by atoms with E-state index in [1.54, 1.807) is 5.01 Å². The van der Waals surface area contributed by atoms with Crippen molar-refractivity contribution in [2.45, 2.75) is 4.90 Å². The summed E-state index contributed by atoms with van der Waals surface area (Å²) in [6.45, 7) is 1.91. The zero-order chi connectivity index (χ0) is 14.0. The molecule has 0 spiro atoms. The van der Waals surface area contributed by atoms with Crippen LogP contribution in [0.3, 0.4) is 0 Å². The number of hydrogen-bond acceptors (Lipinski definition) is 4. The summed E-state index contributed by atoms with van der Waals surface area (Å²) in [7, 11) is -3.80. The highest BCUT2D eigenvalue weighted by Gasteiger charge is 2.25. The fourth-order valence-electron chi connectivity index (χ4n) is 1.66. The van der Waals surface area contributed by atoms with Crippen LogP contribution in [-0.2, 0) is 14.8 Å². The zero-order valence-electron chi connectivity index (χ0n) is 9.70. The molecule has 1 aromatic rings. The lowest BCUT2D eigenvalue weighted by Gasteiger charge is -2.27. The minimum Gasteiger partial charge on any atom is -0.379 e. The van der Waals surface area contributed by atoms with Crippen LogP contribution in [0.4, 0.5) is 0 Å². The van der Waals surface area contributed by atoms with Gasteiger partial charge in [-0.05, 0) is 12.1 Å². The zero-order valence-corrected chi connectivity index (χ0v) is 13.6. The summed E-state index contributed by atoms with van der Waals surface area (Å²) in [6.07, 6.45) is 0. The Morgan fingerprint density at radius 2 is 1.74 bits per heavy atom. The van der Waals surface area contributed by atoms with E-state index >= 15 is 0 Å². The maximum absolute atomic E-state index is 12.3. The van der Waals surface area contributed by atoms with Gasteiger partial charge in [0.15, 0.2) is 0 Å². The summed E-state index contributed by atoms with van der Waals surface area (Å²) in [5.41, 5.74) is 0. The van der Waals surface area contributed by atoms with Crippen molar-refractivity contribution in [3.63, 3.8) is 0 Å². The predicted octanol–water partition coefficient (Wildman–Crippen LogP) is 2.28. The number of sulfonamides is 1. The smallest absolute Gasteiger partial charge is 0.256 e. The Kier molecular flexibility index (Phi) is 5.10. The fraction of sp³-hybridized carbons (Fsp3) is 0.400. The van der Waals surface area contributed by atoms with Crippen LogP contribution >= 0.6 is 39.1 Å². The number of rotatable bonds is 3. The van der Waals surface area contributed by atoms with Gasteiger partial charge in [0.1, 0.15) is 4.90 Å². The average molecular weight is 390 g/mol. The molecule has 1 aromatic carbocycles. The molecule has 0 saturated carbocycles. The van der Waals surface area contributed by atoms with Crippen LogP contribution in [0.2, 0.25) is 10.0 Å². The topological polar surface area (TPSA) is 58.6 Å². The first-order chi connectivity index (χ1) is 8.90. The number of hydrazine groups is 1. The summed E-state index contributed by atoms with van der Waals surface area (Å²) in [5.74, 6) is 0. The van der Waals surface area contributed by atoms with E-state index in [0.29, 0.717) is 30.8 Å². The molecule has 2 rings (SSSR count). The molecule has 1 aliphatic rings. The van der Waals surface area contributed by atoms with E-state index in [0.717, 1.165) is 0 Å². The minimum atomic E-state index is -3.80. The van der Waals surface area contributed by atoms with Gasteiger partial charge in [0, 0.05) is 17.6 Å². The molecule has 1 heterocycles. The predicted molar refractivity (Wildman–Crippen MR) is 76.9 cm³/mol. The van der Waals surface area contributed by atoms with Gasteiger partial charge in [-0.3, -0.25) is 0 Å². The second-order valence-electron chi connectivity index (χ2n) is 3.89. The normalized spacial score (nSPS) is 17.6. The quantitative estimate of drug-likeness (QED) is 0.861. The van der Waals surface area contributed by atoms with Gasteiger partial charge in [-0.1, -0.05) is 39.1 Å². The van der Waals surface area contributed by atoms with Crippen molar-refractivity contribution < 1.29 is 13.2 Å². The molecular weight excluding hydrogens is 379 g/mol. The molecule has 19 heavy (non-hydrogen) atoms. The van der Waals surface area contributed by atoms with E-state index in [1.165, 1.54) is 12.1 Å². The molecule has 0 aliphatic carbocycles. The molecule has 1 fully saturated rings. The van der Waals surface area contributed by atoms with Crippen LogP contribution in [0.15, 0.2) is 21.5 Å². The van der Waals surface area contributed by atoms with E-state index in [-0.39, 0.29) is 14.9 Å². The number of morpholine rings is 1. The van der Waals surface area contributed by atoms with Crippen LogP contribution in [0, 0.1) is 0 Å². The van der Waals surface area contributed by atoms with E-state index in [4.69, 9.17) is 27.9 Å². The van der Waals surface area contributed by atoms with Crippen molar-refractivity contribution in [1.82, 2.24) is 9.84 Å². The fourth-order valence-corrected chi connectivity index (χ4v) is 4.72. The van der Waals surface area contributed by atoms with Gasteiger partial charge in [0.2, 0.25) is 0 Å². The Morgan fingerprint density at radius 1 is 1.21 bits per heavy atom. The summed E-state index contributed by atoms with van der Waals surface area (Å²) < 4.78 is 30.3. The highest BCUT2D eigenvalue weighted by Crippen LogP contribution is 2.32.